The van der Waals surface area contributed by atoms with E-state index in [2.05, 4.69) is 11.4 Å². The fourth-order valence-electron chi connectivity index (χ4n) is 2.24. The van der Waals surface area contributed by atoms with Crippen LogP contribution in [0.5, 0.6) is 0 Å². The van der Waals surface area contributed by atoms with Crippen LogP contribution in [0.4, 0.5) is 4.79 Å². The number of rotatable bonds is 8. The van der Waals surface area contributed by atoms with Gasteiger partial charge < -0.3 is 14.8 Å². The molecule has 0 saturated heterocycles. The molecular formula is C20H22N2O3. The molecule has 0 aliphatic heterocycles. The monoisotopic (exact) mass is 338 g/mol. The first-order valence-corrected chi connectivity index (χ1v) is 8.26. The van der Waals surface area contributed by atoms with E-state index >= 15 is 0 Å². The molecule has 0 saturated carbocycles. The molecule has 0 heterocycles. The van der Waals surface area contributed by atoms with Gasteiger partial charge in [-0.25, -0.2) is 4.79 Å². The molecule has 0 radical (unpaired) electrons. The summed E-state index contributed by atoms with van der Waals surface area (Å²) in [6.07, 6.45) is -0.0996. The van der Waals surface area contributed by atoms with Gasteiger partial charge in [0.2, 0.25) is 0 Å². The third-order valence-corrected chi connectivity index (χ3v) is 3.64. The number of nitrogens with zero attached hydrogens (tertiary/aromatic N) is 1. The highest BCUT2D eigenvalue weighted by molar-refractivity contribution is 5.67. The van der Waals surface area contributed by atoms with Crippen LogP contribution < -0.4 is 5.32 Å². The number of carbonyl (C=O) groups excluding carboxylic acids is 1. The minimum Gasteiger partial charge on any atom is -0.444 e. The average molecular weight is 338 g/mol. The number of carbonyl (C=O) groups is 1. The van der Waals surface area contributed by atoms with Gasteiger partial charge >= 0.3 is 6.09 Å². The van der Waals surface area contributed by atoms with Crippen molar-refractivity contribution < 1.29 is 14.3 Å². The molecule has 0 spiro atoms. The van der Waals surface area contributed by atoms with Crippen LogP contribution in [0.1, 0.15) is 30.0 Å². The second kappa shape index (κ2) is 10.1. The highest BCUT2D eigenvalue weighted by Crippen LogP contribution is 2.07. The summed E-state index contributed by atoms with van der Waals surface area (Å²) in [4.78, 5) is 11.9. The first-order chi connectivity index (χ1) is 12.2. The SMILES string of the molecule is CCC(COCc1cccc(C#N)c1)OC(=O)NCc1ccccc1. The lowest BCUT2D eigenvalue weighted by molar-refractivity contribution is 0.0118. The lowest BCUT2D eigenvalue weighted by Gasteiger charge is -2.17. The summed E-state index contributed by atoms with van der Waals surface area (Å²) in [5, 5.41) is 11.6. The lowest BCUT2D eigenvalue weighted by atomic mass is 10.1. The first kappa shape index (κ1) is 18.5. The number of amides is 1. The van der Waals surface area contributed by atoms with Crippen LogP contribution in [0.25, 0.3) is 0 Å². The zero-order valence-electron chi connectivity index (χ0n) is 14.3. The molecule has 0 fully saturated rings. The van der Waals surface area contributed by atoms with Crippen LogP contribution in [0.2, 0.25) is 0 Å². The molecule has 5 nitrogen and oxygen atoms in total. The third-order valence-electron chi connectivity index (χ3n) is 3.64. The van der Waals surface area contributed by atoms with Gasteiger partial charge in [0.25, 0.3) is 0 Å². The van der Waals surface area contributed by atoms with E-state index in [1.54, 1.807) is 12.1 Å². The van der Waals surface area contributed by atoms with E-state index in [-0.39, 0.29) is 6.10 Å². The Morgan fingerprint density at radius 3 is 2.64 bits per heavy atom. The highest BCUT2D eigenvalue weighted by atomic mass is 16.6. The third kappa shape index (κ3) is 6.66. The Morgan fingerprint density at radius 1 is 1.16 bits per heavy atom. The van der Waals surface area contributed by atoms with Crippen molar-refractivity contribution in [2.45, 2.75) is 32.6 Å². The molecule has 2 aromatic rings. The number of hydrogen-bond donors (Lipinski definition) is 1. The van der Waals surface area contributed by atoms with Gasteiger partial charge in [0.15, 0.2) is 0 Å². The molecule has 1 unspecified atom stereocenters. The van der Waals surface area contributed by atoms with Gasteiger partial charge in [-0.3, -0.25) is 0 Å². The molecule has 0 aliphatic carbocycles. The molecule has 2 rings (SSSR count). The van der Waals surface area contributed by atoms with Crippen molar-refractivity contribution in [1.29, 1.82) is 5.26 Å². The van der Waals surface area contributed by atoms with Crippen LogP contribution >= 0.6 is 0 Å². The Bertz CT molecular complexity index is 710. The van der Waals surface area contributed by atoms with Crippen molar-refractivity contribution in [1.82, 2.24) is 5.32 Å². The largest absolute Gasteiger partial charge is 0.444 e. The summed E-state index contributed by atoms with van der Waals surface area (Å²) < 4.78 is 11.0. The van der Waals surface area contributed by atoms with Gasteiger partial charge in [0, 0.05) is 6.54 Å². The van der Waals surface area contributed by atoms with E-state index in [4.69, 9.17) is 14.7 Å². The molecule has 0 bridgehead atoms. The number of alkyl carbamates (subject to hydrolysis) is 1. The maximum absolute atomic E-state index is 11.9. The van der Waals surface area contributed by atoms with Gasteiger partial charge in [0.1, 0.15) is 6.10 Å². The Morgan fingerprint density at radius 2 is 1.92 bits per heavy atom. The van der Waals surface area contributed by atoms with Crippen LogP contribution in [0, 0.1) is 11.3 Å². The molecule has 1 atom stereocenters. The second-order valence-corrected chi connectivity index (χ2v) is 5.60. The normalized spacial score (nSPS) is 11.4. The minimum atomic E-state index is -0.453. The molecule has 2 aromatic carbocycles. The molecule has 0 aromatic heterocycles. The predicted octanol–water partition coefficient (Wildman–Crippen LogP) is 3.78. The molecule has 0 aliphatic rings. The van der Waals surface area contributed by atoms with Crippen LogP contribution in [-0.4, -0.2) is 18.8 Å². The van der Waals surface area contributed by atoms with Crippen LogP contribution in [0.3, 0.4) is 0 Å². The summed E-state index contributed by atoms with van der Waals surface area (Å²) in [6.45, 7) is 3.06. The van der Waals surface area contributed by atoms with Gasteiger partial charge in [0.05, 0.1) is 24.8 Å². The second-order valence-electron chi connectivity index (χ2n) is 5.60. The number of ether oxygens (including phenoxy) is 2. The quantitative estimate of drug-likeness (QED) is 0.795. The highest BCUT2D eigenvalue weighted by Gasteiger charge is 2.12. The van der Waals surface area contributed by atoms with E-state index in [1.807, 2.05) is 49.4 Å². The van der Waals surface area contributed by atoms with E-state index in [9.17, 15) is 4.79 Å². The number of nitriles is 1. The number of nitrogens with one attached hydrogen (secondary N) is 1. The van der Waals surface area contributed by atoms with Crippen molar-refractivity contribution in [2.24, 2.45) is 0 Å². The van der Waals surface area contributed by atoms with Gasteiger partial charge in [-0.1, -0.05) is 49.4 Å². The van der Waals surface area contributed by atoms with Crippen molar-refractivity contribution in [2.75, 3.05) is 6.61 Å². The van der Waals surface area contributed by atoms with Crippen molar-refractivity contribution in [3.8, 4) is 6.07 Å². The van der Waals surface area contributed by atoms with E-state index in [1.165, 1.54) is 0 Å². The number of benzene rings is 2. The summed E-state index contributed by atoms with van der Waals surface area (Å²) in [5.41, 5.74) is 2.54. The van der Waals surface area contributed by atoms with Crippen LogP contribution in [0.15, 0.2) is 54.6 Å². The average Bonchev–Trinajstić information content (AvgIpc) is 2.66. The first-order valence-electron chi connectivity index (χ1n) is 8.26. The summed E-state index contributed by atoms with van der Waals surface area (Å²) in [5.74, 6) is 0. The molecule has 5 heteroatoms. The van der Waals surface area contributed by atoms with Gasteiger partial charge in [-0.15, -0.1) is 0 Å². The topological polar surface area (TPSA) is 71.3 Å². The molecule has 130 valence electrons. The summed E-state index contributed by atoms with van der Waals surface area (Å²) in [7, 11) is 0. The standard InChI is InChI=1S/C20H22N2O3/c1-2-19(15-24-14-18-10-6-9-17(11-18)12-21)25-20(23)22-13-16-7-4-3-5-8-16/h3-11,19H,2,13-15H2,1H3,(H,22,23). The molecule has 1 amide bonds. The van der Waals surface area contributed by atoms with Gasteiger partial charge in [-0.2, -0.15) is 5.26 Å². The zero-order chi connectivity index (χ0) is 17.9. The number of hydrogen-bond acceptors (Lipinski definition) is 4. The predicted molar refractivity (Wildman–Crippen MR) is 94.7 cm³/mol. The Labute approximate surface area is 148 Å². The maximum atomic E-state index is 11.9. The fraction of sp³-hybridized carbons (Fsp3) is 0.300. The van der Waals surface area contributed by atoms with Gasteiger partial charge in [-0.05, 0) is 29.7 Å². The van der Waals surface area contributed by atoms with E-state index < -0.39 is 6.09 Å². The van der Waals surface area contributed by atoms with E-state index in [0.29, 0.717) is 31.7 Å². The fourth-order valence-corrected chi connectivity index (χ4v) is 2.24. The van der Waals surface area contributed by atoms with E-state index in [0.717, 1.165) is 11.1 Å². The zero-order valence-corrected chi connectivity index (χ0v) is 14.3. The smallest absolute Gasteiger partial charge is 0.407 e. The molecule has 25 heavy (non-hydrogen) atoms. The lowest BCUT2D eigenvalue weighted by Crippen LogP contribution is -2.30. The van der Waals surface area contributed by atoms with Crippen molar-refractivity contribution in [3.63, 3.8) is 0 Å². The Balaban J connectivity index is 1.72. The summed E-state index contributed by atoms with van der Waals surface area (Å²) >= 11 is 0. The minimum absolute atomic E-state index is 0.310. The van der Waals surface area contributed by atoms with Crippen molar-refractivity contribution in [3.05, 3.63) is 71.3 Å². The van der Waals surface area contributed by atoms with Crippen LogP contribution in [-0.2, 0) is 22.6 Å². The van der Waals surface area contributed by atoms with Crippen molar-refractivity contribution >= 4 is 6.09 Å². The molecule has 1 N–H and O–H groups in total. The molecular weight excluding hydrogens is 316 g/mol. The maximum Gasteiger partial charge on any atom is 0.407 e. The summed E-state index contributed by atoms with van der Waals surface area (Å²) in [6, 6.07) is 19.0. The Hall–Kier alpha value is -2.84. The Kier molecular flexibility index (Phi) is 7.48.